The molecule has 0 saturated carbocycles. The van der Waals surface area contributed by atoms with Crippen LogP contribution in [0.15, 0.2) is 42.0 Å². The van der Waals surface area contributed by atoms with Crippen LogP contribution in [-0.4, -0.2) is 17.9 Å². The van der Waals surface area contributed by atoms with Gasteiger partial charge in [-0.05, 0) is 62.0 Å². The van der Waals surface area contributed by atoms with Gasteiger partial charge in [0, 0.05) is 11.3 Å². The van der Waals surface area contributed by atoms with Crippen molar-refractivity contribution in [2.45, 2.75) is 32.6 Å². The van der Waals surface area contributed by atoms with Crippen molar-refractivity contribution in [3.8, 4) is 5.75 Å². The van der Waals surface area contributed by atoms with E-state index in [9.17, 15) is 9.18 Å². The summed E-state index contributed by atoms with van der Waals surface area (Å²) in [5.74, 6) is 0.277. The number of hydrogen-bond acceptors (Lipinski definition) is 3. The fraction of sp³-hybridized carbons (Fsp3) is 0.300. The highest BCUT2D eigenvalue weighted by Crippen LogP contribution is 2.34. The lowest BCUT2D eigenvalue weighted by Crippen LogP contribution is -2.10. The van der Waals surface area contributed by atoms with Gasteiger partial charge in [-0.1, -0.05) is 18.2 Å². The molecule has 0 fully saturated rings. The van der Waals surface area contributed by atoms with Gasteiger partial charge in [-0.2, -0.15) is 0 Å². The number of ether oxygens (including phenoxy) is 1. The van der Waals surface area contributed by atoms with Crippen molar-refractivity contribution in [3.63, 3.8) is 0 Å². The molecule has 1 heterocycles. The van der Waals surface area contributed by atoms with E-state index in [1.165, 1.54) is 6.07 Å². The van der Waals surface area contributed by atoms with Crippen molar-refractivity contribution in [1.82, 2.24) is 4.98 Å². The summed E-state index contributed by atoms with van der Waals surface area (Å²) in [4.78, 5) is 15.3. The Morgan fingerprint density at radius 1 is 1.17 bits per heavy atom. The van der Waals surface area contributed by atoms with Crippen LogP contribution in [0.5, 0.6) is 5.75 Å². The summed E-state index contributed by atoms with van der Waals surface area (Å²) in [6.07, 6.45) is 4.57. The summed E-state index contributed by atoms with van der Waals surface area (Å²) in [5, 5.41) is 0. The molecule has 0 saturated heterocycles. The number of aryl methyl sites for hydroxylation is 1. The molecule has 1 aromatic heterocycles. The lowest BCUT2D eigenvalue weighted by molar-refractivity contribution is 0.111. The molecule has 1 aliphatic rings. The van der Waals surface area contributed by atoms with Gasteiger partial charge in [-0.15, -0.1) is 0 Å². The van der Waals surface area contributed by atoms with Gasteiger partial charge in [0.05, 0.1) is 0 Å². The number of benzene rings is 1. The fourth-order valence-electron chi connectivity index (χ4n) is 3.09. The molecule has 0 radical (unpaired) electrons. The van der Waals surface area contributed by atoms with Crippen LogP contribution in [0, 0.1) is 12.7 Å². The van der Waals surface area contributed by atoms with E-state index in [0.29, 0.717) is 29.9 Å². The van der Waals surface area contributed by atoms with E-state index < -0.39 is 0 Å². The van der Waals surface area contributed by atoms with Crippen LogP contribution in [0.4, 0.5) is 4.39 Å². The lowest BCUT2D eigenvalue weighted by atomic mass is 9.87. The van der Waals surface area contributed by atoms with E-state index >= 15 is 0 Å². The van der Waals surface area contributed by atoms with Crippen LogP contribution >= 0.6 is 0 Å². The first-order valence-electron chi connectivity index (χ1n) is 8.20. The van der Waals surface area contributed by atoms with E-state index in [4.69, 9.17) is 4.74 Å². The summed E-state index contributed by atoms with van der Waals surface area (Å²) >= 11 is 0. The maximum atomic E-state index is 14.1. The predicted molar refractivity (Wildman–Crippen MR) is 91.6 cm³/mol. The first-order chi connectivity index (χ1) is 11.7. The van der Waals surface area contributed by atoms with Crippen LogP contribution < -0.4 is 4.74 Å². The van der Waals surface area contributed by atoms with Crippen LogP contribution in [0.1, 0.15) is 47.4 Å². The van der Waals surface area contributed by atoms with Crippen molar-refractivity contribution in [1.29, 1.82) is 0 Å². The van der Waals surface area contributed by atoms with Crippen molar-refractivity contribution in [2.24, 2.45) is 0 Å². The third-order valence-electron chi connectivity index (χ3n) is 4.32. The van der Waals surface area contributed by atoms with Gasteiger partial charge >= 0.3 is 0 Å². The van der Waals surface area contributed by atoms with E-state index in [0.717, 1.165) is 42.5 Å². The maximum Gasteiger partial charge on any atom is 0.172 e. The van der Waals surface area contributed by atoms with Crippen LogP contribution in [0.2, 0.25) is 0 Å². The average Bonchev–Trinajstić information content (AvgIpc) is 2.61. The second-order valence-corrected chi connectivity index (χ2v) is 6.01. The minimum Gasteiger partial charge on any atom is -0.487 e. The zero-order chi connectivity index (χ0) is 16.9. The monoisotopic (exact) mass is 325 g/mol. The third-order valence-corrected chi connectivity index (χ3v) is 4.32. The maximum absolute atomic E-state index is 14.1. The Hall–Kier alpha value is -2.49. The highest BCUT2D eigenvalue weighted by molar-refractivity contribution is 5.76. The molecule has 0 atom stereocenters. The van der Waals surface area contributed by atoms with Crippen molar-refractivity contribution in [3.05, 3.63) is 64.7 Å². The Bertz CT molecular complexity index is 783. The number of carbonyl (C=O) groups is 1. The molecular weight excluding hydrogens is 305 g/mol. The molecular formula is C20H20FNO2. The minimum absolute atomic E-state index is 0.197. The molecule has 2 aromatic rings. The van der Waals surface area contributed by atoms with Crippen LogP contribution in [0.3, 0.4) is 0 Å². The third kappa shape index (κ3) is 3.53. The second-order valence-electron chi connectivity index (χ2n) is 6.01. The predicted octanol–water partition coefficient (Wildman–Crippen LogP) is 4.75. The van der Waals surface area contributed by atoms with Gasteiger partial charge in [0.25, 0.3) is 0 Å². The van der Waals surface area contributed by atoms with Gasteiger partial charge in [0.1, 0.15) is 23.9 Å². The molecule has 0 bridgehead atoms. The first kappa shape index (κ1) is 16.4. The van der Waals surface area contributed by atoms with Gasteiger partial charge in [0.15, 0.2) is 6.29 Å². The Kier molecular flexibility index (Phi) is 5.04. The summed E-state index contributed by atoms with van der Waals surface area (Å²) in [7, 11) is 0. The second kappa shape index (κ2) is 7.39. The first-order valence-corrected chi connectivity index (χ1v) is 8.20. The Morgan fingerprint density at radius 3 is 2.75 bits per heavy atom. The number of rotatable bonds is 5. The Morgan fingerprint density at radius 2 is 1.96 bits per heavy atom. The van der Waals surface area contributed by atoms with Crippen molar-refractivity contribution in [2.75, 3.05) is 6.61 Å². The number of pyridine rings is 1. The summed E-state index contributed by atoms with van der Waals surface area (Å²) in [5.41, 5.74) is 3.87. The number of nitrogens with zero attached hydrogens (tertiary/aromatic N) is 1. The van der Waals surface area contributed by atoms with Gasteiger partial charge in [-0.3, -0.25) is 4.79 Å². The molecule has 1 aromatic carbocycles. The van der Waals surface area contributed by atoms with E-state index in [2.05, 4.69) is 4.98 Å². The molecule has 0 N–H and O–H groups in total. The normalized spacial score (nSPS) is 14.6. The molecule has 0 unspecified atom stereocenters. The highest BCUT2D eigenvalue weighted by atomic mass is 19.1. The number of aldehydes is 1. The average molecular weight is 325 g/mol. The summed E-state index contributed by atoms with van der Waals surface area (Å²) in [6, 6.07) is 10.4. The number of allylic oxidation sites excluding steroid dienone is 1. The lowest BCUT2D eigenvalue weighted by Gasteiger charge is -2.21. The molecule has 1 aliphatic carbocycles. The van der Waals surface area contributed by atoms with Crippen molar-refractivity contribution < 1.29 is 13.9 Å². The Labute approximate surface area is 141 Å². The van der Waals surface area contributed by atoms with Gasteiger partial charge in [0.2, 0.25) is 0 Å². The van der Waals surface area contributed by atoms with Crippen molar-refractivity contribution >= 4 is 11.9 Å². The molecule has 0 aliphatic heterocycles. The number of carbonyl (C=O) groups excluding carboxylic acids is 1. The fourth-order valence-corrected chi connectivity index (χ4v) is 3.09. The molecule has 124 valence electrons. The van der Waals surface area contributed by atoms with E-state index in [1.54, 1.807) is 12.1 Å². The summed E-state index contributed by atoms with van der Waals surface area (Å²) < 4.78 is 20.0. The zero-order valence-corrected chi connectivity index (χ0v) is 13.7. The zero-order valence-electron chi connectivity index (χ0n) is 13.7. The van der Waals surface area contributed by atoms with E-state index in [1.807, 2.05) is 25.1 Å². The van der Waals surface area contributed by atoms with Gasteiger partial charge in [-0.25, -0.2) is 9.37 Å². The van der Waals surface area contributed by atoms with Gasteiger partial charge < -0.3 is 4.74 Å². The summed E-state index contributed by atoms with van der Waals surface area (Å²) in [6.45, 7) is 2.19. The number of aromatic nitrogens is 1. The Balaban J connectivity index is 1.87. The SMILES string of the molecule is Cc1ccc(OCC2=C(c3ccccc3F)CCCC2)c(C=O)n1. The topological polar surface area (TPSA) is 39.2 Å². The van der Waals surface area contributed by atoms with E-state index in [-0.39, 0.29) is 5.82 Å². The van der Waals surface area contributed by atoms with Crippen LogP contribution in [0.25, 0.3) is 5.57 Å². The molecule has 0 spiro atoms. The smallest absolute Gasteiger partial charge is 0.172 e. The molecule has 3 rings (SSSR count). The van der Waals surface area contributed by atoms with Crippen LogP contribution in [-0.2, 0) is 0 Å². The number of halogens is 1. The molecule has 0 amide bonds. The number of hydrogen-bond donors (Lipinski definition) is 0. The molecule has 4 heteroatoms. The highest BCUT2D eigenvalue weighted by Gasteiger charge is 2.18. The standard InChI is InChI=1S/C20H20FNO2/c1-14-10-11-20(19(12-23)22-14)24-13-15-6-2-3-7-16(15)17-8-4-5-9-18(17)21/h4-5,8-12H,2-3,6-7,13H2,1H3. The molecule has 3 nitrogen and oxygen atoms in total. The molecule has 24 heavy (non-hydrogen) atoms. The minimum atomic E-state index is -0.197. The largest absolute Gasteiger partial charge is 0.487 e. The quantitative estimate of drug-likeness (QED) is 0.745.